The maximum atomic E-state index is 13.2. The Balaban J connectivity index is 1.99. The van der Waals surface area contributed by atoms with Crippen LogP contribution in [0.3, 0.4) is 0 Å². The monoisotopic (exact) mass is 383 g/mol. The Kier molecular flexibility index (Phi) is 4.90. The molecule has 2 aromatic rings. The standard InChI is InChI=1S/C18H19ClFNO3S/c1-2-24-11-18(21)16(12-3-7-14(20)8-4-12)17(18)25(22,23)15-9-5-13(19)6-10-15/h3-10,16-17H,2,11,21H2,1H3/t16-,17-,18-/m0/s1. The molecule has 134 valence electrons. The van der Waals surface area contributed by atoms with Crippen molar-refractivity contribution in [1.29, 1.82) is 0 Å². The van der Waals surface area contributed by atoms with Gasteiger partial charge in [-0.25, -0.2) is 12.8 Å². The fourth-order valence-electron chi connectivity index (χ4n) is 3.27. The summed E-state index contributed by atoms with van der Waals surface area (Å²) in [4.78, 5) is 0.165. The van der Waals surface area contributed by atoms with Crippen LogP contribution < -0.4 is 5.73 Å². The second-order valence-corrected chi connectivity index (χ2v) is 8.70. The summed E-state index contributed by atoms with van der Waals surface area (Å²) in [5.41, 5.74) is 6.06. The van der Waals surface area contributed by atoms with Crippen molar-refractivity contribution in [3.05, 3.63) is 64.9 Å². The van der Waals surface area contributed by atoms with Crippen LogP contribution in [0.5, 0.6) is 0 Å². The van der Waals surface area contributed by atoms with Crippen molar-refractivity contribution in [3.63, 3.8) is 0 Å². The summed E-state index contributed by atoms with van der Waals surface area (Å²) in [5.74, 6) is -0.839. The van der Waals surface area contributed by atoms with Gasteiger partial charge in [-0.1, -0.05) is 23.7 Å². The van der Waals surface area contributed by atoms with Crippen LogP contribution in [0, 0.1) is 5.82 Å². The summed E-state index contributed by atoms with van der Waals surface area (Å²) in [6, 6.07) is 11.8. The first-order valence-corrected chi connectivity index (χ1v) is 9.84. The summed E-state index contributed by atoms with van der Waals surface area (Å²) < 4.78 is 44.8. The van der Waals surface area contributed by atoms with Gasteiger partial charge >= 0.3 is 0 Å². The summed E-state index contributed by atoms with van der Waals surface area (Å²) in [6.07, 6.45) is 0. The summed E-state index contributed by atoms with van der Waals surface area (Å²) in [5, 5.41) is -0.378. The lowest BCUT2D eigenvalue weighted by atomic mass is 10.1. The Morgan fingerprint density at radius 2 is 1.76 bits per heavy atom. The van der Waals surface area contributed by atoms with E-state index in [1.54, 1.807) is 12.1 Å². The first-order valence-electron chi connectivity index (χ1n) is 7.92. The molecule has 1 aliphatic carbocycles. The van der Waals surface area contributed by atoms with Gasteiger partial charge in [-0.3, -0.25) is 0 Å². The van der Waals surface area contributed by atoms with E-state index in [4.69, 9.17) is 22.1 Å². The highest BCUT2D eigenvalue weighted by atomic mass is 35.5. The van der Waals surface area contributed by atoms with Crippen LogP contribution in [0.1, 0.15) is 18.4 Å². The molecular formula is C18H19ClFNO3S. The molecule has 1 aliphatic rings. The predicted octanol–water partition coefficient (Wildman–Crippen LogP) is 3.15. The smallest absolute Gasteiger partial charge is 0.183 e. The molecule has 1 fully saturated rings. The molecule has 0 aliphatic heterocycles. The molecule has 3 atom stereocenters. The normalized spacial score (nSPS) is 25.8. The van der Waals surface area contributed by atoms with Gasteiger partial charge < -0.3 is 10.5 Å². The van der Waals surface area contributed by atoms with Crippen molar-refractivity contribution >= 4 is 21.4 Å². The molecule has 0 spiro atoms. The van der Waals surface area contributed by atoms with Gasteiger partial charge in [-0.2, -0.15) is 0 Å². The van der Waals surface area contributed by atoms with Crippen LogP contribution in [0.4, 0.5) is 4.39 Å². The molecule has 0 aromatic heterocycles. The van der Waals surface area contributed by atoms with Crippen molar-refractivity contribution in [3.8, 4) is 0 Å². The number of nitrogens with two attached hydrogens (primary N) is 1. The number of halogens is 2. The van der Waals surface area contributed by atoms with Crippen LogP contribution in [0.25, 0.3) is 0 Å². The van der Waals surface area contributed by atoms with E-state index < -0.39 is 26.5 Å². The molecule has 4 nitrogen and oxygen atoms in total. The van der Waals surface area contributed by atoms with Gasteiger partial charge in [0.05, 0.1) is 22.3 Å². The number of rotatable bonds is 6. The molecule has 25 heavy (non-hydrogen) atoms. The summed E-state index contributed by atoms with van der Waals surface area (Å²) in [6.45, 7) is 2.37. The third-order valence-corrected chi connectivity index (χ3v) is 7.12. The maximum absolute atomic E-state index is 13.2. The van der Waals surface area contributed by atoms with Gasteiger partial charge in [-0.05, 0) is 48.9 Å². The van der Waals surface area contributed by atoms with Crippen LogP contribution in [-0.2, 0) is 14.6 Å². The SMILES string of the molecule is CCOC[C@]1(N)[C@@H](c2ccc(F)cc2)[C@@H]1S(=O)(=O)c1ccc(Cl)cc1. The van der Waals surface area contributed by atoms with Crippen LogP contribution in [-0.4, -0.2) is 32.4 Å². The highest BCUT2D eigenvalue weighted by molar-refractivity contribution is 7.92. The topological polar surface area (TPSA) is 69.4 Å². The number of ether oxygens (including phenoxy) is 1. The second-order valence-electron chi connectivity index (χ2n) is 6.20. The fraction of sp³-hybridized carbons (Fsp3) is 0.333. The Morgan fingerprint density at radius 3 is 2.32 bits per heavy atom. The van der Waals surface area contributed by atoms with Crippen molar-refractivity contribution < 1.29 is 17.5 Å². The third-order valence-electron chi connectivity index (χ3n) is 4.56. The third kappa shape index (κ3) is 3.31. The highest BCUT2D eigenvalue weighted by Gasteiger charge is 2.69. The molecule has 0 unspecified atom stereocenters. The predicted molar refractivity (Wildman–Crippen MR) is 95.0 cm³/mol. The lowest BCUT2D eigenvalue weighted by Crippen LogP contribution is -2.36. The van der Waals surface area contributed by atoms with Crippen LogP contribution in [0.2, 0.25) is 5.02 Å². The van der Waals surface area contributed by atoms with E-state index in [0.717, 1.165) is 0 Å². The molecule has 0 heterocycles. The lowest BCUT2D eigenvalue weighted by Gasteiger charge is -2.12. The molecule has 2 aromatic carbocycles. The first kappa shape index (κ1) is 18.3. The number of hydrogen-bond donors (Lipinski definition) is 1. The first-order chi connectivity index (χ1) is 11.8. The lowest BCUT2D eigenvalue weighted by molar-refractivity contribution is 0.125. The molecule has 0 bridgehead atoms. The average molecular weight is 384 g/mol. The second kappa shape index (κ2) is 6.68. The van der Waals surface area contributed by atoms with Gasteiger partial charge in [0.2, 0.25) is 0 Å². The Morgan fingerprint density at radius 1 is 1.16 bits per heavy atom. The zero-order valence-electron chi connectivity index (χ0n) is 13.7. The van der Waals surface area contributed by atoms with E-state index in [1.807, 2.05) is 6.92 Å². The molecular weight excluding hydrogens is 365 g/mol. The molecule has 0 amide bonds. The highest BCUT2D eigenvalue weighted by Crippen LogP contribution is 2.55. The maximum Gasteiger partial charge on any atom is 0.183 e. The van der Waals surface area contributed by atoms with Crippen LogP contribution in [0.15, 0.2) is 53.4 Å². The van der Waals surface area contributed by atoms with E-state index in [2.05, 4.69) is 0 Å². The van der Waals surface area contributed by atoms with E-state index in [1.165, 1.54) is 36.4 Å². The summed E-state index contributed by atoms with van der Waals surface area (Å²) >= 11 is 5.85. The number of hydrogen-bond acceptors (Lipinski definition) is 4. The quantitative estimate of drug-likeness (QED) is 0.831. The molecule has 1 saturated carbocycles. The Bertz CT molecular complexity index is 855. The van der Waals surface area contributed by atoms with Crippen LogP contribution >= 0.6 is 11.6 Å². The van der Waals surface area contributed by atoms with E-state index in [0.29, 0.717) is 17.2 Å². The van der Waals surface area contributed by atoms with E-state index in [9.17, 15) is 12.8 Å². The minimum absolute atomic E-state index is 0.114. The minimum Gasteiger partial charge on any atom is -0.380 e. The zero-order valence-corrected chi connectivity index (χ0v) is 15.2. The van der Waals surface area contributed by atoms with Crippen molar-refractivity contribution in [2.24, 2.45) is 5.73 Å². The van der Waals surface area contributed by atoms with Crippen molar-refractivity contribution in [2.75, 3.05) is 13.2 Å². The van der Waals surface area contributed by atoms with Gasteiger partial charge in [0.15, 0.2) is 9.84 Å². The molecule has 0 saturated heterocycles. The van der Waals surface area contributed by atoms with E-state index >= 15 is 0 Å². The van der Waals surface area contributed by atoms with Gasteiger partial charge in [0, 0.05) is 17.5 Å². The zero-order chi connectivity index (χ0) is 18.2. The Hall–Kier alpha value is -1.47. The average Bonchev–Trinajstić information content (AvgIpc) is 3.21. The van der Waals surface area contributed by atoms with Crippen molar-refractivity contribution in [2.45, 2.75) is 28.5 Å². The minimum atomic E-state index is -3.69. The molecule has 3 rings (SSSR count). The van der Waals surface area contributed by atoms with Gasteiger partial charge in [0.1, 0.15) is 5.82 Å². The number of sulfone groups is 1. The fourth-order valence-corrected chi connectivity index (χ4v) is 5.68. The van der Waals surface area contributed by atoms with Crippen molar-refractivity contribution in [1.82, 2.24) is 0 Å². The molecule has 0 radical (unpaired) electrons. The van der Waals surface area contributed by atoms with E-state index in [-0.39, 0.29) is 17.3 Å². The largest absolute Gasteiger partial charge is 0.380 e. The van der Waals surface area contributed by atoms with Gasteiger partial charge in [0.25, 0.3) is 0 Å². The number of benzene rings is 2. The van der Waals surface area contributed by atoms with Gasteiger partial charge in [-0.15, -0.1) is 0 Å². The molecule has 7 heteroatoms. The Labute approximate surface area is 151 Å². The molecule has 2 N–H and O–H groups in total. The summed E-state index contributed by atoms with van der Waals surface area (Å²) in [7, 11) is -3.69.